The molecule has 0 bridgehead atoms. The fraction of sp³-hybridized carbons (Fsp3) is 0.185. The van der Waals surface area contributed by atoms with Crippen LogP contribution in [0.25, 0.3) is 22.4 Å². The molecule has 0 aliphatic rings. The molecule has 14 heteroatoms. The van der Waals surface area contributed by atoms with Crippen molar-refractivity contribution in [2.75, 3.05) is 6.26 Å². The minimum absolute atomic E-state index is 0.0393. The van der Waals surface area contributed by atoms with Crippen molar-refractivity contribution in [2.45, 2.75) is 36.2 Å². The van der Waals surface area contributed by atoms with Crippen molar-refractivity contribution in [1.29, 1.82) is 0 Å². The summed E-state index contributed by atoms with van der Waals surface area (Å²) >= 11 is 0.564. The number of benzene rings is 3. The van der Waals surface area contributed by atoms with Gasteiger partial charge < -0.3 is 8.92 Å². The van der Waals surface area contributed by atoms with E-state index in [4.69, 9.17) is 4.18 Å². The molecule has 4 aromatic rings. The van der Waals surface area contributed by atoms with Crippen molar-refractivity contribution < 1.29 is 43.7 Å². The summed E-state index contributed by atoms with van der Waals surface area (Å²) in [4.78, 5) is 7.55. The van der Waals surface area contributed by atoms with Gasteiger partial charge in [0.1, 0.15) is 5.75 Å². The standard InChI is InChI=1S/C25H16F6N2O4S2.C2H6/c1-39(34,35)19-13-7-16(8-14-19)21-20(15-5-3-2-4-6-15)22(33-23(32-21)24(26,27)28)37-38-18-11-9-17(10-12-18)36-25(29,30)31;1-2/h2-14H,1H3;1-2H3. The molecule has 1 heterocycles. The van der Waals surface area contributed by atoms with Gasteiger partial charge in [0.2, 0.25) is 11.7 Å². The number of hydrogen-bond acceptors (Lipinski definition) is 7. The van der Waals surface area contributed by atoms with Gasteiger partial charge in [0.25, 0.3) is 0 Å². The van der Waals surface area contributed by atoms with Gasteiger partial charge in [-0.15, -0.1) is 13.2 Å². The lowest BCUT2D eigenvalue weighted by Gasteiger charge is -2.17. The fourth-order valence-electron chi connectivity index (χ4n) is 3.35. The van der Waals surface area contributed by atoms with Crippen LogP contribution >= 0.6 is 12.0 Å². The first-order chi connectivity index (χ1) is 19.2. The largest absolute Gasteiger partial charge is 0.573 e. The van der Waals surface area contributed by atoms with Crippen LogP contribution in [-0.4, -0.2) is 31.0 Å². The van der Waals surface area contributed by atoms with E-state index in [-0.39, 0.29) is 26.6 Å². The number of nitrogens with zero attached hydrogens (tertiary/aromatic N) is 2. The molecular formula is C27H22F6N2O4S2. The summed E-state index contributed by atoms with van der Waals surface area (Å²) in [7, 11) is -3.57. The summed E-state index contributed by atoms with van der Waals surface area (Å²) in [5, 5.41) is 0. The zero-order valence-corrected chi connectivity index (χ0v) is 23.3. The third-order valence-electron chi connectivity index (χ3n) is 5.02. The van der Waals surface area contributed by atoms with Crippen LogP contribution in [0.2, 0.25) is 0 Å². The summed E-state index contributed by atoms with van der Waals surface area (Å²) < 4.78 is 112. The van der Waals surface area contributed by atoms with Gasteiger partial charge in [-0.2, -0.15) is 18.2 Å². The van der Waals surface area contributed by atoms with Crippen molar-refractivity contribution in [3.05, 3.63) is 84.7 Å². The first-order valence-electron chi connectivity index (χ1n) is 11.8. The van der Waals surface area contributed by atoms with Crippen LogP contribution in [0.5, 0.6) is 11.6 Å². The molecule has 3 aromatic carbocycles. The molecule has 0 aliphatic carbocycles. The molecular weight excluding hydrogens is 594 g/mol. The maximum atomic E-state index is 13.8. The number of sulfone groups is 1. The van der Waals surface area contributed by atoms with Crippen LogP contribution in [0.1, 0.15) is 19.7 Å². The van der Waals surface area contributed by atoms with Crippen LogP contribution in [-0.2, 0) is 16.0 Å². The fourth-order valence-corrected chi connectivity index (χ4v) is 4.52. The Balaban J connectivity index is 0.00000226. The number of aromatic nitrogens is 2. The molecule has 0 aliphatic heterocycles. The van der Waals surface area contributed by atoms with Crippen molar-refractivity contribution in [3.63, 3.8) is 0 Å². The van der Waals surface area contributed by atoms with E-state index in [0.717, 1.165) is 18.4 Å². The molecule has 0 atom stereocenters. The molecule has 0 fully saturated rings. The smallest absolute Gasteiger partial charge is 0.406 e. The summed E-state index contributed by atoms with van der Waals surface area (Å²) in [6, 6.07) is 17.8. The van der Waals surface area contributed by atoms with Gasteiger partial charge in [-0.1, -0.05) is 56.3 Å². The molecule has 0 N–H and O–H groups in total. The van der Waals surface area contributed by atoms with Crippen LogP contribution < -0.4 is 8.92 Å². The van der Waals surface area contributed by atoms with E-state index in [1.54, 1.807) is 30.3 Å². The highest BCUT2D eigenvalue weighted by atomic mass is 32.2. The Labute approximate surface area is 236 Å². The molecule has 0 saturated heterocycles. The molecule has 218 valence electrons. The molecule has 1 aromatic heterocycles. The lowest BCUT2D eigenvalue weighted by molar-refractivity contribution is -0.274. The molecule has 0 unspecified atom stereocenters. The Morgan fingerprint density at radius 3 is 1.85 bits per heavy atom. The SMILES string of the molecule is CC.CS(=O)(=O)c1ccc(-c2nc(C(F)(F)F)nc(OSc3ccc(OC(F)(F)F)cc3)c2-c2ccccc2)cc1. The van der Waals surface area contributed by atoms with E-state index in [2.05, 4.69) is 14.7 Å². The maximum absolute atomic E-state index is 13.8. The molecule has 0 saturated carbocycles. The molecule has 0 radical (unpaired) electrons. The topological polar surface area (TPSA) is 78.4 Å². The number of halogens is 6. The lowest BCUT2D eigenvalue weighted by Crippen LogP contribution is -2.16. The average Bonchev–Trinajstić information content (AvgIpc) is 2.92. The highest BCUT2D eigenvalue weighted by Gasteiger charge is 2.37. The van der Waals surface area contributed by atoms with Gasteiger partial charge in [-0.05, 0) is 42.0 Å². The van der Waals surface area contributed by atoms with Gasteiger partial charge in [0, 0.05) is 16.7 Å². The molecule has 6 nitrogen and oxygen atoms in total. The predicted molar refractivity (Wildman–Crippen MR) is 142 cm³/mol. The second-order valence-corrected chi connectivity index (χ2v) is 10.7. The van der Waals surface area contributed by atoms with Crippen LogP contribution in [0.3, 0.4) is 0 Å². The second-order valence-electron chi connectivity index (χ2n) is 7.92. The Morgan fingerprint density at radius 1 is 0.756 bits per heavy atom. The molecule has 0 spiro atoms. The molecule has 4 rings (SSSR count). The highest BCUT2D eigenvalue weighted by molar-refractivity contribution is 7.95. The number of hydrogen-bond donors (Lipinski definition) is 0. The van der Waals surface area contributed by atoms with E-state index in [0.29, 0.717) is 17.6 Å². The van der Waals surface area contributed by atoms with Gasteiger partial charge >= 0.3 is 12.5 Å². The Kier molecular flexibility index (Phi) is 9.92. The van der Waals surface area contributed by atoms with Gasteiger partial charge in [-0.25, -0.2) is 13.4 Å². The van der Waals surface area contributed by atoms with Crippen molar-refractivity contribution >= 4 is 21.9 Å². The van der Waals surface area contributed by atoms with Gasteiger partial charge in [0.15, 0.2) is 9.84 Å². The van der Waals surface area contributed by atoms with Crippen molar-refractivity contribution in [2.24, 2.45) is 0 Å². The normalized spacial score (nSPS) is 11.8. The number of rotatable bonds is 7. The molecule has 0 amide bonds. The van der Waals surface area contributed by atoms with Crippen LogP contribution in [0, 0.1) is 0 Å². The Morgan fingerprint density at radius 2 is 1.34 bits per heavy atom. The number of ether oxygens (including phenoxy) is 1. The van der Waals surface area contributed by atoms with E-state index >= 15 is 0 Å². The van der Waals surface area contributed by atoms with E-state index in [1.165, 1.54) is 36.4 Å². The summed E-state index contributed by atoms with van der Waals surface area (Å²) in [5.41, 5.74) is 0.476. The lowest BCUT2D eigenvalue weighted by atomic mass is 10.00. The van der Waals surface area contributed by atoms with E-state index in [1.807, 2.05) is 13.8 Å². The maximum Gasteiger partial charge on any atom is 0.573 e. The van der Waals surface area contributed by atoms with Crippen LogP contribution in [0.15, 0.2) is 88.7 Å². The zero-order valence-electron chi connectivity index (χ0n) is 21.6. The van der Waals surface area contributed by atoms with Crippen molar-refractivity contribution in [3.8, 4) is 34.0 Å². The van der Waals surface area contributed by atoms with E-state index in [9.17, 15) is 34.8 Å². The zero-order chi connectivity index (χ0) is 30.4. The van der Waals surface area contributed by atoms with Gasteiger partial charge in [-0.3, -0.25) is 0 Å². The molecule has 41 heavy (non-hydrogen) atoms. The highest BCUT2D eigenvalue weighted by Crippen LogP contribution is 2.42. The quantitative estimate of drug-likeness (QED) is 0.153. The minimum Gasteiger partial charge on any atom is -0.406 e. The van der Waals surface area contributed by atoms with Crippen molar-refractivity contribution in [1.82, 2.24) is 9.97 Å². The summed E-state index contributed by atoms with van der Waals surface area (Å²) in [6.07, 6.45) is -8.86. The third kappa shape index (κ3) is 8.60. The average molecular weight is 617 g/mol. The minimum atomic E-state index is -4.96. The van der Waals surface area contributed by atoms with E-state index < -0.39 is 39.8 Å². The summed E-state index contributed by atoms with van der Waals surface area (Å²) in [5.74, 6) is -2.46. The Hall–Kier alpha value is -3.78. The monoisotopic (exact) mass is 616 g/mol. The number of alkyl halides is 6. The van der Waals surface area contributed by atoms with Crippen LogP contribution in [0.4, 0.5) is 26.3 Å². The first-order valence-corrected chi connectivity index (χ1v) is 14.4. The predicted octanol–water partition coefficient (Wildman–Crippen LogP) is 8.24. The van der Waals surface area contributed by atoms with Gasteiger partial charge in [0.05, 0.1) is 28.2 Å². The first kappa shape index (κ1) is 31.7. The third-order valence-corrected chi connectivity index (χ3v) is 6.86. The second kappa shape index (κ2) is 12.8. The summed E-state index contributed by atoms with van der Waals surface area (Å²) in [6.45, 7) is 4.00. The Bertz CT molecular complexity index is 1560.